The molecule has 0 spiro atoms. The zero-order valence-corrected chi connectivity index (χ0v) is 13.9. The van der Waals surface area contributed by atoms with Gasteiger partial charge in [0.2, 0.25) is 0 Å². The van der Waals surface area contributed by atoms with Crippen LogP contribution in [0.4, 0.5) is 4.39 Å². The number of benzene rings is 3. The van der Waals surface area contributed by atoms with E-state index in [0.717, 1.165) is 11.1 Å². The van der Waals surface area contributed by atoms with Gasteiger partial charge in [-0.25, -0.2) is 9.82 Å². The number of nitrogens with zero attached hydrogens (tertiary/aromatic N) is 1. The van der Waals surface area contributed by atoms with Crippen molar-refractivity contribution in [2.24, 2.45) is 5.10 Å². The lowest BCUT2D eigenvalue weighted by molar-refractivity contribution is 0.0955. The first-order valence-electron chi connectivity index (χ1n) is 8.06. The quantitative estimate of drug-likeness (QED) is 0.537. The van der Waals surface area contributed by atoms with Crippen molar-refractivity contribution in [1.29, 1.82) is 0 Å². The van der Waals surface area contributed by atoms with Crippen LogP contribution in [0.1, 0.15) is 21.5 Å². The van der Waals surface area contributed by atoms with Crippen LogP contribution in [0.3, 0.4) is 0 Å². The number of carbonyl (C=O) groups is 1. The number of hydrogen-bond acceptors (Lipinski definition) is 3. The van der Waals surface area contributed by atoms with E-state index in [4.69, 9.17) is 4.74 Å². The van der Waals surface area contributed by atoms with Crippen LogP contribution in [0.2, 0.25) is 0 Å². The maximum absolute atomic E-state index is 12.9. The first-order chi connectivity index (χ1) is 12.7. The fourth-order valence-electron chi connectivity index (χ4n) is 2.22. The molecule has 26 heavy (non-hydrogen) atoms. The Balaban J connectivity index is 1.51. The second-order valence-electron chi connectivity index (χ2n) is 5.55. The second kappa shape index (κ2) is 8.58. The minimum atomic E-state index is -0.267. The van der Waals surface area contributed by atoms with Gasteiger partial charge in [-0.3, -0.25) is 4.79 Å². The molecule has 0 unspecified atom stereocenters. The highest BCUT2D eigenvalue weighted by atomic mass is 19.1. The minimum Gasteiger partial charge on any atom is -0.489 e. The molecule has 0 aliphatic heterocycles. The van der Waals surface area contributed by atoms with Crippen molar-refractivity contribution in [2.45, 2.75) is 6.61 Å². The van der Waals surface area contributed by atoms with Gasteiger partial charge in [-0.05, 0) is 59.7 Å². The summed E-state index contributed by atoms with van der Waals surface area (Å²) in [4.78, 5) is 11.9. The summed E-state index contributed by atoms with van der Waals surface area (Å²) < 4.78 is 18.5. The van der Waals surface area contributed by atoms with E-state index in [9.17, 15) is 9.18 Å². The van der Waals surface area contributed by atoms with Gasteiger partial charge < -0.3 is 4.74 Å². The molecular weight excluding hydrogens is 331 g/mol. The molecule has 1 N–H and O–H groups in total. The molecule has 0 atom stereocenters. The molecule has 0 radical (unpaired) electrons. The molecular formula is C21H17FN2O2. The highest BCUT2D eigenvalue weighted by molar-refractivity contribution is 5.94. The third-order valence-electron chi connectivity index (χ3n) is 3.61. The lowest BCUT2D eigenvalue weighted by Crippen LogP contribution is -2.17. The van der Waals surface area contributed by atoms with E-state index < -0.39 is 0 Å². The number of hydrazone groups is 1. The van der Waals surface area contributed by atoms with Crippen molar-refractivity contribution < 1.29 is 13.9 Å². The molecule has 3 aromatic rings. The van der Waals surface area contributed by atoms with E-state index in [2.05, 4.69) is 10.5 Å². The Morgan fingerprint density at radius 2 is 1.65 bits per heavy atom. The summed E-state index contributed by atoms with van der Waals surface area (Å²) in [5, 5.41) is 3.95. The van der Waals surface area contributed by atoms with Gasteiger partial charge in [0, 0.05) is 5.56 Å². The Bertz CT molecular complexity index is 876. The number of ether oxygens (including phenoxy) is 1. The third kappa shape index (κ3) is 5.01. The van der Waals surface area contributed by atoms with Gasteiger partial charge >= 0.3 is 0 Å². The largest absolute Gasteiger partial charge is 0.489 e. The molecule has 0 aliphatic rings. The van der Waals surface area contributed by atoms with Crippen molar-refractivity contribution in [3.8, 4) is 5.75 Å². The molecule has 0 bridgehead atoms. The lowest BCUT2D eigenvalue weighted by Gasteiger charge is -2.06. The van der Waals surface area contributed by atoms with Gasteiger partial charge in [-0.2, -0.15) is 5.10 Å². The minimum absolute atomic E-state index is 0.263. The molecule has 3 rings (SSSR count). The molecule has 0 heterocycles. The molecule has 3 aromatic carbocycles. The van der Waals surface area contributed by atoms with Crippen LogP contribution in [0, 0.1) is 5.82 Å². The number of nitrogens with one attached hydrogen (secondary N) is 1. The Kier molecular flexibility index (Phi) is 5.72. The van der Waals surface area contributed by atoms with E-state index in [1.54, 1.807) is 42.6 Å². The summed E-state index contributed by atoms with van der Waals surface area (Å²) in [5.74, 6) is 0.164. The van der Waals surface area contributed by atoms with E-state index in [-0.39, 0.29) is 11.7 Å². The monoisotopic (exact) mass is 348 g/mol. The topological polar surface area (TPSA) is 50.7 Å². The summed E-state index contributed by atoms with van der Waals surface area (Å²) in [6.07, 6.45) is 1.56. The van der Waals surface area contributed by atoms with E-state index in [1.165, 1.54) is 12.1 Å². The molecule has 0 saturated heterocycles. The number of halogens is 1. The molecule has 0 aromatic heterocycles. The number of carbonyl (C=O) groups excluding carboxylic acids is 1. The van der Waals surface area contributed by atoms with Gasteiger partial charge in [0.05, 0.1) is 6.21 Å². The van der Waals surface area contributed by atoms with Crippen LogP contribution >= 0.6 is 0 Å². The normalized spacial score (nSPS) is 10.7. The van der Waals surface area contributed by atoms with Crippen molar-refractivity contribution in [2.75, 3.05) is 0 Å². The summed E-state index contributed by atoms with van der Waals surface area (Å²) in [6.45, 7) is 0.362. The fourth-order valence-corrected chi connectivity index (χ4v) is 2.22. The molecule has 0 saturated carbocycles. The van der Waals surface area contributed by atoms with Crippen molar-refractivity contribution in [3.63, 3.8) is 0 Å². The number of hydrogen-bond donors (Lipinski definition) is 1. The fraction of sp³-hybridized carbons (Fsp3) is 0.0476. The average molecular weight is 348 g/mol. The lowest BCUT2D eigenvalue weighted by atomic mass is 10.2. The first-order valence-corrected chi connectivity index (χ1v) is 8.06. The van der Waals surface area contributed by atoms with Crippen LogP contribution < -0.4 is 10.2 Å². The van der Waals surface area contributed by atoms with Crippen molar-refractivity contribution >= 4 is 12.1 Å². The summed E-state index contributed by atoms with van der Waals surface area (Å²) in [7, 11) is 0. The average Bonchev–Trinajstić information content (AvgIpc) is 2.69. The van der Waals surface area contributed by atoms with E-state index in [0.29, 0.717) is 17.9 Å². The van der Waals surface area contributed by atoms with E-state index in [1.807, 2.05) is 30.3 Å². The molecule has 4 nitrogen and oxygen atoms in total. The van der Waals surface area contributed by atoms with Crippen molar-refractivity contribution in [3.05, 3.63) is 101 Å². The Morgan fingerprint density at radius 3 is 2.35 bits per heavy atom. The first kappa shape index (κ1) is 17.4. The molecule has 1 amide bonds. The van der Waals surface area contributed by atoms with Crippen LogP contribution in [0.5, 0.6) is 5.75 Å². The maximum atomic E-state index is 12.9. The number of rotatable bonds is 6. The van der Waals surface area contributed by atoms with Crippen LogP contribution in [0.25, 0.3) is 0 Å². The maximum Gasteiger partial charge on any atom is 0.271 e. The second-order valence-corrected chi connectivity index (χ2v) is 5.55. The van der Waals surface area contributed by atoms with E-state index >= 15 is 0 Å². The van der Waals surface area contributed by atoms with Gasteiger partial charge in [0.15, 0.2) is 0 Å². The van der Waals surface area contributed by atoms with Gasteiger partial charge in [0.1, 0.15) is 18.2 Å². The van der Waals surface area contributed by atoms with Crippen LogP contribution in [-0.2, 0) is 6.61 Å². The Hall–Kier alpha value is -3.47. The Morgan fingerprint density at radius 1 is 0.962 bits per heavy atom. The summed E-state index contributed by atoms with van der Waals surface area (Å²) in [6, 6.07) is 22.3. The van der Waals surface area contributed by atoms with Crippen LogP contribution in [0.15, 0.2) is 84.0 Å². The molecule has 0 aliphatic carbocycles. The SMILES string of the molecule is O=C(N/N=C\c1ccc(OCc2ccc(F)cc2)cc1)c1ccccc1. The smallest absolute Gasteiger partial charge is 0.271 e. The van der Waals surface area contributed by atoms with Gasteiger partial charge in [-0.15, -0.1) is 0 Å². The van der Waals surface area contributed by atoms with Gasteiger partial charge in [0.25, 0.3) is 5.91 Å². The molecule has 5 heteroatoms. The molecule has 0 fully saturated rings. The summed E-state index contributed by atoms with van der Waals surface area (Å²) >= 11 is 0. The summed E-state index contributed by atoms with van der Waals surface area (Å²) in [5.41, 5.74) is 4.75. The highest BCUT2D eigenvalue weighted by Gasteiger charge is 2.01. The highest BCUT2D eigenvalue weighted by Crippen LogP contribution is 2.14. The predicted octanol–water partition coefficient (Wildman–Crippen LogP) is 4.17. The van der Waals surface area contributed by atoms with Crippen molar-refractivity contribution in [1.82, 2.24) is 5.43 Å². The number of amides is 1. The zero-order chi connectivity index (χ0) is 18.2. The molecule has 130 valence electrons. The third-order valence-corrected chi connectivity index (χ3v) is 3.61. The zero-order valence-electron chi connectivity index (χ0n) is 13.9. The van der Waals surface area contributed by atoms with Crippen LogP contribution in [-0.4, -0.2) is 12.1 Å². The predicted molar refractivity (Wildman–Crippen MR) is 98.7 cm³/mol. The standard InChI is InChI=1S/C21H17FN2O2/c22-19-10-6-17(7-11-19)15-26-20-12-8-16(9-13-20)14-23-24-21(25)18-4-2-1-3-5-18/h1-14H,15H2,(H,24,25)/b23-14-. The van der Waals surface area contributed by atoms with Gasteiger partial charge in [-0.1, -0.05) is 30.3 Å². The Labute approximate surface area is 150 Å².